The zero-order valence-electron chi connectivity index (χ0n) is 21.0. The van der Waals surface area contributed by atoms with Crippen LogP contribution < -0.4 is 14.9 Å². The van der Waals surface area contributed by atoms with Gasteiger partial charge in [0.05, 0.1) is 30.7 Å². The molecular weight excluding hydrogens is 444 g/mol. The summed E-state index contributed by atoms with van der Waals surface area (Å²) in [5, 5.41) is 0.436. The summed E-state index contributed by atoms with van der Waals surface area (Å²) in [5.74, 6) is 1.15. The summed E-state index contributed by atoms with van der Waals surface area (Å²) in [4.78, 5) is 31.4. The minimum absolute atomic E-state index is 0.114. The summed E-state index contributed by atoms with van der Waals surface area (Å²) < 4.78 is 17.2. The predicted octanol–water partition coefficient (Wildman–Crippen LogP) is 4.87. The maximum Gasteiger partial charge on any atom is 0.290 e. The molecule has 7 heteroatoms. The van der Waals surface area contributed by atoms with Gasteiger partial charge in [-0.2, -0.15) is 0 Å². The van der Waals surface area contributed by atoms with Gasteiger partial charge in [0, 0.05) is 12.6 Å². The molecule has 2 aromatic carbocycles. The number of benzene rings is 2. The molecule has 0 saturated heterocycles. The van der Waals surface area contributed by atoms with Crippen LogP contribution in [0.25, 0.3) is 11.0 Å². The lowest BCUT2D eigenvalue weighted by atomic mass is 9.98. The number of nitrogens with zero attached hydrogens (tertiary/aromatic N) is 2. The van der Waals surface area contributed by atoms with Crippen LogP contribution in [-0.4, -0.2) is 55.6 Å². The van der Waals surface area contributed by atoms with Crippen molar-refractivity contribution in [2.45, 2.75) is 39.7 Å². The topological polar surface area (TPSA) is 72.2 Å². The molecular formula is C28H34N2O5. The highest BCUT2D eigenvalue weighted by molar-refractivity contribution is 5.99. The Bertz CT molecular complexity index is 1250. The van der Waals surface area contributed by atoms with E-state index in [2.05, 4.69) is 25.7 Å². The lowest BCUT2D eigenvalue weighted by molar-refractivity contribution is 0.0720. The maximum absolute atomic E-state index is 13.7. The van der Waals surface area contributed by atoms with Crippen LogP contribution in [0.15, 0.2) is 51.7 Å². The zero-order valence-corrected chi connectivity index (χ0v) is 21.0. The summed E-state index contributed by atoms with van der Waals surface area (Å²) >= 11 is 0. The molecule has 0 bridgehead atoms. The van der Waals surface area contributed by atoms with Gasteiger partial charge in [-0.05, 0) is 62.3 Å². The van der Waals surface area contributed by atoms with Crippen molar-refractivity contribution in [3.05, 3.63) is 69.6 Å². The second kappa shape index (κ2) is 11.0. The highest BCUT2D eigenvalue weighted by Gasteiger charge is 2.42. The molecule has 1 atom stereocenters. The number of hydrogen-bond donors (Lipinski definition) is 0. The molecule has 35 heavy (non-hydrogen) atoms. The van der Waals surface area contributed by atoms with E-state index < -0.39 is 6.04 Å². The van der Waals surface area contributed by atoms with Crippen LogP contribution in [-0.2, 0) is 0 Å². The molecule has 1 aromatic heterocycles. The minimum atomic E-state index is -0.526. The van der Waals surface area contributed by atoms with Crippen molar-refractivity contribution in [1.29, 1.82) is 0 Å². The average molecular weight is 479 g/mol. The van der Waals surface area contributed by atoms with Gasteiger partial charge >= 0.3 is 0 Å². The number of amides is 1. The van der Waals surface area contributed by atoms with E-state index in [1.165, 1.54) is 0 Å². The number of hydrogen-bond acceptors (Lipinski definition) is 6. The molecule has 0 saturated carbocycles. The van der Waals surface area contributed by atoms with Crippen molar-refractivity contribution in [3.8, 4) is 11.5 Å². The van der Waals surface area contributed by atoms with E-state index >= 15 is 0 Å². The molecule has 4 rings (SSSR count). The Labute approximate surface area is 206 Å². The second-order valence-electron chi connectivity index (χ2n) is 8.74. The SMILES string of the molecule is CCCOc1cccc(C2c3c(oc4cc(OC)ccc4c3=O)C(=O)N2CCCN(CC)CC)c1. The van der Waals surface area contributed by atoms with E-state index in [4.69, 9.17) is 13.9 Å². The average Bonchev–Trinajstić information content (AvgIpc) is 3.16. The van der Waals surface area contributed by atoms with E-state index in [0.29, 0.717) is 35.4 Å². The van der Waals surface area contributed by atoms with Crippen LogP contribution in [0.2, 0.25) is 0 Å². The van der Waals surface area contributed by atoms with E-state index in [9.17, 15) is 9.59 Å². The first-order valence-corrected chi connectivity index (χ1v) is 12.4. The van der Waals surface area contributed by atoms with Crippen LogP contribution in [0.5, 0.6) is 11.5 Å². The molecule has 2 heterocycles. The third kappa shape index (κ3) is 4.91. The van der Waals surface area contributed by atoms with E-state index in [1.807, 2.05) is 24.3 Å². The summed E-state index contributed by atoms with van der Waals surface area (Å²) in [5.41, 5.74) is 1.40. The van der Waals surface area contributed by atoms with Crippen molar-refractivity contribution in [2.75, 3.05) is 39.9 Å². The largest absolute Gasteiger partial charge is 0.497 e. The van der Waals surface area contributed by atoms with Gasteiger partial charge in [-0.25, -0.2) is 0 Å². The van der Waals surface area contributed by atoms with Crippen LogP contribution in [0.3, 0.4) is 0 Å². The normalized spacial score (nSPS) is 15.2. The Balaban J connectivity index is 1.79. The molecule has 1 unspecified atom stereocenters. The number of ether oxygens (including phenoxy) is 2. The van der Waals surface area contributed by atoms with Crippen LogP contribution in [0, 0.1) is 0 Å². The van der Waals surface area contributed by atoms with Crippen molar-refractivity contribution in [3.63, 3.8) is 0 Å². The summed E-state index contributed by atoms with van der Waals surface area (Å²) in [7, 11) is 1.55. The molecule has 0 fully saturated rings. The molecule has 0 radical (unpaired) electrons. The fourth-order valence-corrected chi connectivity index (χ4v) is 4.70. The highest BCUT2D eigenvalue weighted by atomic mass is 16.5. The lowest BCUT2D eigenvalue weighted by Crippen LogP contribution is -2.33. The predicted molar refractivity (Wildman–Crippen MR) is 137 cm³/mol. The highest BCUT2D eigenvalue weighted by Crippen LogP contribution is 2.39. The standard InChI is InChI=1S/C28H34N2O5/c1-5-16-34-21-11-8-10-19(17-21)25-24-26(31)22-13-12-20(33-4)18-23(22)35-27(24)28(32)30(25)15-9-14-29(6-2)7-3/h8,10-13,17-18,25H,5-7,9,14-16H2,1-4H3. The quantitative estimate of drug-likeness (QED) is 0.392. The fourth-order valence-electron chi connectivity index (χ4n) is 4.70. The third-order valence-corrected chi connectivity index (χ3v) is 6.59. The van der Waals surface area contributed by atoms with Crippen LogP contribution >= 0.6 is 0 Å². The van der Waals surface area contributed by atoms with Crippen LogP contribution in [0.1, 0.15) is 61.3 Å². The van der Waals surface area contributed by atoms with Crippen molar-refractivity contribution in [2.24, 2.45) is 0 Å². The Morgan fingerprint density at radius 3 is 2.54 bits per heavy atom. The van der Waals surface area contributed by atoms with Crippen molar-refractivity contribution < 1.29 is 18.7 Å². The van der Waals surface area contributed by atoms with Crippen LogP contribution in [0.4, 0.5) is 0 Å². The first kappa shape index (κ1) is 24.8. The summed E-state index contributed by atoms with van der Waals surface area (Å²) in [6.07, 6.45) is 1.69. The minimum Gasteiger partial charge on any atom is -0.497 e. The summed E-state index contributed by atoms with van der Waals surface area (Å²) in [6.45, 7) is 10.2. The van der Waals surface area contributed by atoms with Gasteiger partial charge in [-0.1, -0.05) is 32.9 Å². The number of fused-ring (bicyclic) bond motifs is 2. The fraction of sp³-hybridized carbons (Fsp3) is 0.429. The van der Waals surface area contributed by atoms with Gasteiger partial charge in [0.25, 0.3) is 5.91 Å². The molecule has 1 amide bonds. The first-order valence-electron chi connectivity index (χ1n) is 12.4. The molecule has 1 aliphatic heterocycles. The number of carbonyl (C=O) groups is 1. The van der Waals surface area contributed by atoms with Gasteiger partial charge in [0.15, 0.2) is 5.43 Å². The number of rotatable bonds is 11. The van der Waals surface area contributed by atoms with E-state index in [0.717, 1.165) is 43.8 Å². The third-order valence-electron chi connectivity index (χ3n) is 6.59. The second-order valence-corrected chi connectivity index (χ2v) is 8.74. The van der Waals surface area contributed by atoms with Crippen molar-refractivity contribution >= 4 is 16.9 Å². The van der Waals surface area contributed by atoms with Gasteiger partial charge in [-0.3, -0.25) is 9.59 Å². The Morgan fingerprint density at radius 1 is 1.03 bits per heavy atom. The Kier molecular flexibility index (Phi) is 7.76. The Hall–Kier alpha value is -3.32. The van der Waals surface area contributed by atoms with Gasteiger partial charge < -0.3 is 23.7 Å². The smallest absolute Gasteiger partial charge is 0.290 e. The number of carbonyl (C=O) groups excluding carboxylic acids is 1. The number of methoxy groups -OCH3 is 1. The maximum atomic E-state index is 13.7. The van der Waals surface area contributed by atoms with Crippen molar-refractivity contribution in [1.82, 2.24) is 9.80 Å². The van der Waals surface area contributed by atoms with Gasteiger partial charge in [0.2, 0.25) is 5.76 Å². The van der Waals surface area contributed by atoms with Gasteiger partial charge in [-0.15, -0.1) is 0 Å². The van der Waals surface area contributed by atoms with E-state index in [-0.39, 0.29) is 17.1 Å². The monoisotopic (exact) mass is 478 g/mol. The zero-order chi connectivity index (χ0) is 24.9. The first-order chi connectivity index (χ1) is 17.0. The van der Waals surface area contributed by atoms with Gasteiger partial charge in [0.1, 0.15) is 17.1 Å². The molecule has 1 aliphatic rings. The Morgan fingerprint density at radius 2 is 1.83 bits per heavy atom. The molecule has 186 valence electrons. The molecule has 7 nitrogen and oxygen atoms in total. The molecule has 3 aromatic rings. The molecule has 0 N–H and O–H groups in total. The lowest BCUT2D eigenvalue weighted by Gasteiger charge is -2.27. The molecule has 0 spiro atoms. The molecule has 0 aliphatic carbocycles. The van der Waals surface area contributed by atoms with E-state index in [1.54, 1.807) is 30.2 Å². The summed E-state index contributed by atoms with van der Waals surface area (Å²) in [6, 6.07) is 12.2.